The molecule has 0 spiro atoms. The van der Waals surface area contributed by atoms with Crippen LogP contribution in [0.15, 0.2) is 72.4 Å². The van der Waals surface area contributed by atoms with Crippen LogP contribution in [-0.2, 0) is 4.79 Å². The maximum absolute atomic E-state index is 13.8. The predicted molar refractivity (Wildman–Crippen MR) is 138 cm³/mol. The third-order valence-corrected chi connectivity index (χ3v) is 5.92. The molecule has 0 aliphatic carbocycles. The first-order chi connectivity index (χ1) is 17.9. The molecule has 0 saturated carbocycles. The molecule has 0 bridgehead atoms. The number of ether oxygens (including phenoxy) is 1. The second kappa shape index (κ2) is 10.2. The van der Waals surface area contributed by atoms with Gasteiger partial charge in [0, 0.05) is 25.0 Å². The Morgan fingerprint density at radius 3 is 2.86 bits per heavy atom. The van der Waals surface area contributed by atoms with Gasteiger partial charge in [-0.15, -0.1) is 0 Å². The molecule has 2 aromatic heterocycles. The summed E-state index contributed by atoms with van der Waals surface area (Å²) < 4.78 is 21.5. The van der Waals surface area contributed by atoms with Crippen LogP contribution in [0.2, 0.25) is 0 Å². The number of aromatic nitrogens is 4. The summed E-state index contributed by atoms with van der Waals surface area (Å²) in [6.45, 7) is 5.24. The Morgan fingerprint density at radius 1 is 1.24 bits per heavy atom. The number of halogens is 1. The fraction of sp³-hybridized carbons (Fsp3) is 0.192. The Balaban J connectivity index is 1.48. The molecule has 2 aromatic carbocycles. The van der Waals surface area contributed by atoms with E-state index in [4.69, 9.17) is 4.74 Å². The zero-order chi connectivity index (χ0) is 25.9. The summed E-state index contributed by atoms with van der Waals surface area (Å²) in [5, 5.41) is 6.05. The van der Waals surface area contributed by atoms with E-state index in [1.807, 2.05) is 7.05 Å². The molecule has 1 aliphatic rings. The van der Waals surface area contributed by atoms with Crippen molar-refractivity contribution in [3.8, 4) is 11.4 Å². The Kier molecular flexibility index (Phi) is 6.60. The first kappa shape index (κ1) is 24.1. The molecule has 1 atom stereocenters. The predicted octanol–water partition coefficient (Wildman–Crippen LogP) is 3.27. The largest absolute Gasteiger partial charge is 0.487 e. The average molecular weight is 502 g/mol. The van der Waals surface area contributed by atoms with Gasteiger partial charge in [-0.25, -0.2) is 9.37 Å². The number of anilines is 3. The Labute approximate surface area is 211 Å². The van der Waals surface area contributed by atoms with Crippen LogP contribution in [0, 0.1) is 5.82 Å². The fourth-order valence-corrected chi connectivity index (χ4v) is 4.11. The standard InChI is InChI=1S/C26H24FN7O3/c1-3-23(35)31-21-12-17(7-8-22(21)37-19-9-10-33(2)14-19)30-26-28-13-20-24(32-26)34(15-29-25(20)36)18-6-4-5-16(27)11-18/h3-8,11-13,15,19H,1,9-10,14H2,2H3,(H,31,35)(H,28,30,32). The highest BCUT2D eigenvalue weighted by Gasteiger charge is 2.22. The first-order valence-corrected chi connectivity index (χ1v) is 11.6. The van der Waals surface area contributed by atoms with Crippen molar-refractivity contribution in [2.75, 3.05) is 30.8 Å². The van der Waals surface area contributed by atoms with Crippen molar-refractivity contribution in [2.45, 2.75) is 12.5 Å². The summed E-state index contributed by atoms with van der Waals surface area (Å²) in [6, 6.07) is 11.1. The van der Waals surface area contributed by atoms with Crippen LogP contribution in [0.25, 0.3) is 16.7 Å². The van der Waals surface area contributed by atoms with Gasteiger partial charge in [-0.3, -0.25) is 14.2 Å². The molecule has 1 amide bonds. The van der Waals surface area contributed by atoms with Crippen LogP contribution in [-0.4, -0.2) is 56.6 Å². The van der Waals surface area contributed by atoms with Gasteiger partial charge >= 0.3 is 0 Å². The molecule has 1 saturated heterocycles. The van der Waals surface area contributed by atoms with Crippen molar-refractivity contribution >= 4 is 34.3 Å². The highest BCUT2D eigenvalue weighted by Crippen LogP contribution is 2.31. The monoisotopic (exact) mass is 501 g/mol. The molecule has 2 N–H and O–H groups in total. The summed E-state index contributed by atoms with van der Waals surface area (Å²) in [5.41, 5.74) is 1.25. The van der Waals surface area contributed by atoms with E-state index in [0.29, 0.717) is 22.8 Å². The number of amides is 1. The molecule has 1 unspecified atom stereocenters. The van der Waals surface area contributed by atoms with Gasteiger partial charge < -0.3 is 20.3 Å². The Morgan fingerprint density at radius 2 is 2.11 bits per heavy atom. The highest BCUT2D eigenvalue weighted by molar-refractivity contribution is 6.00. The normalized spacial score (nSPS) is 15.5. The second-order valence-electron chi connectivity index (χ2n) is 8.65. The summed E-state index contributed by atoms with van der Waals surface area (Å²) in [7, 11) is 2.03. The number of likely N-dealkylation sites (tertiary alicyclic amines) is 1. The molecular weight excluding hydrogens is 477 g/mol. The van der Waals surface area contributed by atoms with Crippen LogP contribution >= 0.6 is 0 Å². The van der Waals surface area contributed by atoms with E-state index in [0.717, 1.165) is 19.5 Å². The molecule has 5 rings (SSSR count). The van der Waals surface area contributed by atoms with Gasteiger partial charge in [-0.1, -0.05) is 12.6 Å². The van der Waals surface area contributed by atoms with E-state index < -0.39 is 11.4 Å². The smallest absolute Gasteiger partial charge is 0.283 e. The molecular formula is C26H24FN7O3. The third kappa shape index (κ3) is 5.31. The van der Waals surface area contributed by atoms with Crippen LogP contribution in [0.3, 0.4) is 0 Å². The lowest BCUT2D eigenvalue weighted by molar-refractivity contribution is -0.111. The van der Waals surface area contributed by atoms with Crippen molar-refractivity contribution in [3.63, 3.8) is 0 Å². The summed E-state index contributed by atoms with van der Waals surface area (Å²) in [5.74, 6) is -0.0849. The van der Waals surface area contributed by atoms with Crippen LogP contribution < -0.4 is 20.9 Å². The maximum atomic E-state index is 13.8. The molecule has 1 aliphatic heterocycles. The number of benzene rings is 2. The number of likely N-dealkylation sites (N-methyl/N-ethyl adjacent to an activating group) is 1. The highest BCUT2D eigenvalue weighted by atomic mass is 19.1. The number of nitrogens with zero attached hydrogens (tertiary/aromatic N) is 5. The van der Waals surface area contributed by atoms with Gasteiger partial charge in [0.25, 0.3) is 5.56 Å². The summed E-state index contributed by atoms with van der Waals surface area (Å²) in [6.07, 6.45) is 4.74. The lowest BCUT2D eigenvalue weighted by atomic mass is 10.2. The number of rotatable bonds is 7. The van der Waals surface area contributed by atoms with E-state index in [-0.39, 0.29) is 29.0 Å². The van der Waals surface area contributed by atoms with Crippen molar-refractivity contribution in [1.29, 1.82) is 0 Å². The molecule has 3 heterocycles. The third-order valence-electron chi connectivity index (χ3n) is 5.92. The minimum Gasteiger partial charge on any atom is -0.487 e. The lowest BCUT2D eigenvalue weighted by Crippen LogP contribution is -2.22. The zero-order valence-corrected chi connectivity index (χ0v) is 20.0. The first-order valence-electron chi connectivity index (χ1n) is 11.6. The van der Waals surface area contributed by atoms with Crippen LogP contribution in [0.4, 0.5) is 21.7 Å². The number of nitrogens with one attached hydrogen (secondary N) is 2. The Hall–Kier alpha value is -4.64. The van der Waals surface area contributed by atoms with Crippen LogP contribution in [0.1, 0.15) is 6.42 Å². The molecule has 188 valence electrons. The number of carbonyl (C=O) groups is 1. The van der Waals surface area contributed by atoms with Gasteiger partial charge in [0.05, 0.1) is 11.4 Å². The van der Waals surface area contributed by atoms with E-state index in [1.165, 1.54) is 35.3 Å². The quantitative estimate of drug-likeness (QED) is 0.371. The minimum absolute atomic E-state index is 0.0141. The fourth-order valence-electron chi connectivity index (χ4n) is 4.11. The van der Waals surface area contributed by atoms with Gasteiger partial charge in [-0.2, -0.15) is 9.97 Å². The molecule has 37 heavy (non-hydrogen) atoms. The zero-order valence-electron chi connectivity index (χ0n) is 20.0. The van der Waals surface area contributed by atoms with Crippen molar-refractivity contribution in [3.05, 3.63) is 83.8 Å². The number of hydrogen-bond acceptors (Lipinski definition) is 8. The number of hydrogen-bond donors (Lipinski definition) is 2. The molecule has 0 radical (unpaired) electrons. The van der Waals surface area contributed by atoms with Gasteiger partial charge in [0.15, 0.2) is 5.65 Å². The average Bonchev–Trinajstić information content (AvgIpc) is 3.30. The SMILES string of the molecule is C=CC(=O)Nc1cc(Nc2ncc3c(=O)ncn(-c4cccc(F)c4)c3n2)ccc1OC1CCN(C)C1. The van der Waals surface area contributed by atoms with E-state index in [1.54, 1.807) is 30.3 Å². The second-order valence-corrected chi connectivity index (χ2v) is 8.65. The topological polar surface area (TPSA) is 114 Å². The van der Waals surface area contributed by atoms with Crippen molar-refractivity contribution in [2.24, 2.45) is 0 Å². The summed E-state index contributed by atoms with van der Waals surface area (Å²) >= 11 is 0. The maximum Gasteiger partial charge on any atom is 0.283 e. The van der Waals surface area contributed by atoms with Crippen LogP contribution in [0.5, 0.6) is 5.75 Å². The molecule has 10 nitrogen and oxygen atoms in total. The number of fused-ring (bicyclic) bond motifs is 1. The Bertz CT molecular complexity index is 1560. The molecule has 11 heteroatoms. The van der Waals surface area contributed by atoms with Crippen molar-refractivity contribution < 1.29 is 13.9 Å². The van der Waals surface area contributed by atoms with Gasteiger partial charge in [0.1, 0.15) is 29.4 Å². The molecule has 1 fully saturated rings. The van der Waals surface area contributed by atoms with Gasteiger partial charge in [0.2, 0.25) is 11.9 Å². The van der Waals surface area contributed by atoms with E-state index in [9.17, 15) is 14.0 Å². The minimum atomic E-state index is -0.498. The molecule has 4 aromatic rings. The van der Waals surface area contributed by atoms with E-state index >= 15 is 0 Å². The lowest BCUT2D eigenvalue weighted by Gasteiger charge is -2.18. The number of carbonyl (C=O) groups excluding carboxylic acids is 1. The van der Waals surface area contributed by atoms with E-state index in [2.05, 4.69) is 37.1 Å². The summed E-state index contributed by atoms with van der Waals surface area (Å²) in [4.78, 5) is 39.1. The van der Waals surface area contributed by atoms with Crippen molar-refractivity contribution in [1.82, 2.24) is 24.4 Å². The van der Waals surface area contributed by atoms with Gasteiger partial charge in [-0.05, 0) is 55.9 Å².